The molecule has 0 heterocycles. The van der Waals surface area contributed by atoms with Crippen molar-refractivity contribution >= 4 is 33.2 Å². The standard InChI is InChI=1S/C16H17ClN2O3S/c1-11-4-7-13(8-5-11)18-23(21,22)15-10-12(6-9-14(15)17)16(20)19(2)3/h4-10,18H,1-3H3. The van der Waals surface area contributed by atoms with Gasteiger partial charge in [-0.2, -0.15) is 0 Å². The normalized spacial score (nSPS) is 11.1. The number of hydrogen-bond donors (Lipinski definition) is 1. The Morgan fingerprint density at radius 3 is 2.26 bits per heavy atom. The predicted octanol–water partition coefficient (Wildman–Crippen LogP) is 3.15. The second kappa shape index (κ2) is 6.60. The molecule has 0 saturated carbocycles. The van der Waals surface area contributed by atoms with Gasteiger partial charge in [0.2, 0.25) is 0 Å². The summed E-state index contributed by atoms with van der Waals surface area (Å²) < 4.78 is 27.5. The van der Waals surface area contributed by atoms with E-state index in [9.17, 15) is 13.2 Å². The Balaban J connectivity index is 2.40. The maximum absolute atomic E-state index is 12.5. The van der Waals surface area contributed by atoms with Crippen LogP contribution in [-0.4, -0.2) is 33.3 Å². The van der Waals surface area contributed by atoms with Crippen LogP contribution in [0.25, 0.3) is 0 Å². The van der Waals surface area contributed by atoms with E-state index in [-0.39, 0.29) is 21.4 Å². The highest BCUT2D eigenvalue weighted by atomic mass is 35.5. The molecule has 1 N–H and O–H groups in total. The Labute approximate surface area is 140 Å². The largest absolute Gasteiger partial charge is 0.345 e. The number of halogens is 1. The molecule has 0 aliphatic rings. The van der Waals surface area contributed by atoms with E-state index in [1.165, 1.54) is 23.1 Å². The summed E-state index contributed by atoms with van der Waals surface area (Å²) in [6, 6.07) is 11.1. The summed E-state index contributed by atoms with van der Waals surface area (Å²) >= 11 is 6.01. The molecular weight excluding hydrogens is 336 g/mol. The first-order valence-corrected chi connectivity index (χ1v) is 8.67. The van der Waals surface area contributed by atoms with Crippen molar-refractivity contribution in [2.45, 2.75) is 11.8 Å². The molecule has 122 valence electrons. The zero-order valence-corrected chi connectivity index (χ0v) is 14.6. The molecule has 5 nitrogen and oxygen atoms in total. The number of rotatable bonds is 4. The van der Waals surface area contributed by atoms with Gasteiger partial charge in [-0.1, -0.05) is 29.3 Å². The topological polar surface area (TPSA) is 66.5 Å². The second-order valence-electron chi connectivity index (χ2n) is 5.32. The molecule has 0 saturated heterocycles. The lowest BCUT2D eigenvalue weighted by Crippen LogP contribution is -2.22. The molecule has 0 unspecified atom stereocenters. The van der Waals surface area contributed by atoms with E-state index in [2.05, 4.69) is 4.72 Å². The van der Waals surface area contributed by atoms with Crippen molar-refractivity contribution in [3.8, 4) is 0 Å². The fourth-order valence-corrected chi connectivity index (χ4v) is 3.52. The summed E-state index contributed by atoms with van der Waals surface area (Å²) in [4.78, 5) is 13.2. The quantitative estimate of drug-likeness (QED) is 0.919. The predicted molar refractivity (Wildman–Crippen MR) is 91.5 cm³/mol. The van der Waals surface area contributed by atoms with Crippen molar-refractivity contribution < 1.29 is 13.2 Å². The lowest BCUT2D eigenvalue weighted by Gasteiger charge is -2.13. The average Bonchev–Trinajstić information content (AvgIpc) is 2.49. The van der Waals surface area contributed by atoms with Crippen molar-refractivity contribution in [3.05, 3.63) is 58.6 Å². The molecule has 23 heavy (non-hydrogen) atoms. The van der Waals surface area contributed by atoms with Crippen LogP contribution in [0, 0.1) is 6.92 Å². The van der Waals surface area contributed by atoms with Crippen LogP contribution in [0.2, 0.25) is 5.02 Å². The molecule has 0 bridgehead atoms. The summed E-state index contributed by atoms with van der Waals surface area (Å²) in [7, 11) is -0.705. The number of aryl methyl sites for hydroxylation is 1. The molecule has 0 aliphatic heterocycles. The van der Waals surface area contributed by atoms with E-state index >= 15 is 0 Å². The molecule has 2 aromatic carbocycles. The minimum Gasteiger partial charge on any atom is -0.345 e. The smallest absolute Gasteiger partial charge is 0.263 e. The van der Waals surface area contributed by atoms with Gasteiger partial charge in [-0.15, -0.1) is 0 Å². The Morgan fingerprint density at radius 1 is 1.09 bits per heavy atom. The number of amides is 1. The summed E-state index contributed by atoms with van der Waals surface area (Å²) in [5.41, 5.74) is 1.70. The van der Waals surface area contributed by atoms with Gasteiger partial charge in [-0.25, -0.2) is 8.42 Å². The lowest BCUT2D eigenvalue weighted by molar-refractivity contribution is 0.0827. The summed E-state index contributed by atoms with van der Waals surface area (Å²) in [6.07, 6.45) is 0. The number of carbonyl (C=O) groups is 1. The summed E-state index contributed by atoms with van der Waals surface area (Å²) in [5.74, 6) is -0.298. The van der Waals surface area contributed by atoms with E-state index in [4.69, 9.17) is 11.6 Å². The van der Waals surface area contributed by atoms with Crippen LogP contribution in [-0.2, 0) is 10.0 Å². The molecule has 7 heteroatoms. The number of carbonyl (C=O) groups excluding carboxylic acids is 1. The van der Waals surface area contributed by atoms with Crippen LogP contribution in [0.5, 0.6) is 0 Å². The fourth-order valence-electron chi connectivity index (χ4n) is 1.93. The second-order valence-corrected chi connectivity index (χ2v) is 7.37. The van der Waals surface area contributed by atoms with Crippen molar-refractivity contribution in [2.75, 3.05) is 18.8 Å². The van der Waals surface area contributed by atoms with Gasteiger partial charge in [-0.3, -0.25) is 9.52 Å². The molecule has 2 aromatic rings. The Kier molecular flexibility index (Phi) is 4.97. The number of nitrogens with one attached hydrogen (secondary N) is 1. The summed E-state index contributed by atoms with van der Waals surface area (Å²) in [5, 5.41) is 0.0555. The van der Waals surface area contributed by atoms with Crippen molar-refractivity contribution in [3.63, 3.8) is 0 Å². The first kappa shape index (κ1) is 17.3. The highest BCUT2D eigenvalue weighted by molar-refractivity contribution is 7.92. The zero-order chi connectivity index (χ0) is 17.2. The van der Waals surface area contributed by atoms with Crippen LogP contribution < -0.4 is 4.72 Å². The van der Waals surface area contributed by atoms with Crippen LogP contribution in [0.4, 0.5) is 5.69 Å². The van der Waals surface area contributed by atoms with Crippen molar-refractivity contribution in [2.24, 2.45) is 0 Å². The molecular formula is C16H17ClN2O3S. The van der Waals surface area contributed by atoms with Gasteiger partial charge >= 0.3 is 0 Å². The van der Waals surface area contributed by atoms with E-state index < -0.39 is 10.0 Å². The van der Waals surface area contributed by atoms with E-state index in [0.29, 0.717) is 5.69 Å². The minimum absolute atomic E-state index is 0.0555. The van der Waals surface area contributed by atoms with Crippen molar-refractivity contribution in [1.82, 2.24) is 4.90 Å². The molecule has 0 spiro atoms. The third-order valence-electron chi connectivity index (χ3n) is 3.18. The number of sulfonamides is 1. The van der Waals surface area contributed by atoms with Gasteiger partial charge in [0.25, 0.3) is 15.9 Å². The van der Waals surface area contributed by atoms with E-state index in [1.54, 1.807) is 38.4 Å². The van der Waals surface area contributed by atoms with Gasteiger partial charge in [-0.05, 0) is 37.3 Å². The fraction of sp³-hybridized carbons (Fsp3) is 0.188. The van der Waals surface area contributed by atoms with Gasteiger partial charge < -0.3 is 4.90 Å². The molecule has 0 aromatic heterocycles. The highest BCUT2D eigenvalue weighted by Gasteiger charge is 2.21. The third-order valence-corrected chi connectivity index (χ3v) is 5.04. The number of anilines is 1. The highest BCUT2D eigenvalue weighted by Crippen LogP contribution is 2.25. The Hall–Kier alpha value is -2.05. The van der Waals surface area contributed by atoms with Crippen LogP contribution in [0.15, 0.2) is 47.4 Å². The van der Waals surface area contributed by atoms with Gasteiger partial charge in [0, 0.05) is 25.3 Å². The maximum Gasteiger partial charge on any atom is 0.263 e. The number of benzene rings is 2. The van der Waals surface area contributed by atoms with Gasteiger partial charge in [0.1, 0.15) is 4.90 Å². The number of nitrogens with zero attached hydrogens (tertiary/aromatic N) is 1. The summed E-state index contributed by atoms with van der Waals surface area (Å²) in [6.45, 7) is 1.91. The first-order chi connectivity index (χ1) is 10.7. The molecule has 0 radical (unpaired) electrons. The molecule has 0 fully saturated rings. The van der Waals surface area contributed by atoms with Crippen molar-refractivity contribution in [1.29, 1.82) is 0 Å². The molecule has 1 amide bonds. The van der Waals surface area contributed by atoms with Crippen LogP contribution in [0.1, 0.15) is 15.9 Å². The van der Waals surface area contributed by atoms with Crippen LogP contribution in [0.3, 0.4) is 0 Å². The van der Waals surface area contributed by atoms with E-state index in [0.717, 1.165) is 5.56 Å². The number of hydrogen-bond acceptors (Lipinski definition) is 3. The van der Waals surface area contributed by atoms with Crippen LogP contribution >= 0.6 is 11.6 Å². The Bertz CT molecular complexity index is 831. The lowest BCUT2D eigenvalue weighted by atomic mass is 10.2. The van der Waals surface area contributed by atoms with Gasteiger partial charge in [0.15, 0.2) is 0 Å². The van der Waals surface area contributed by atoms with Gasteiger partial charge in [0.05, 0.1) is 5.02 Å². The molecule has 2 rings (SSSR count). The monoisotopic (exact) mass is 352 g/mol. The molecule has 0 aliphatic carbocycles. The minimum atomic E-state index is -3.89. The third kappa shape index (κ3) is 4.03. The first-order valence-electron chi connectivity index (χ1n) is 6.81. The maximum atomic E-state index is 12.5. The SMILES string of the molecule is Cc1ccc(NS(=O)(=O)c2cc(C(=O)N(C)C)ccc2Cl)cc1. The molecule has 0 atom stereocenters. The zero-order valence-electron chi connectivity index (χ0n) is 13.0. The average molecular weight is 353 g/mol. The Morgan fingerprint density at radius 2 is 1.70 bits per heavy atom. The van der Waals surface area contributed by atoms with E-state index in [1.807, 2.05) is 6.92 Å².